The lowest BCUT2D eigenvalue weighted by atomic mass is 10.2. The van der Waals surface area contributed by atoms with Gasteiger partial charge >= 0.3 is 0 Å². The Labute approximate surface area is 173 Å². The van der Waals surface area contributed by atoms with Crippen LogP contribution in [-0.4, -0.2) is 30.4 Å². The van der Waals surface area contributed by atoms with Gasteiger partial charge in [-0.2, -0.15) is 0 Å². The molecule has 2 rings (SSSR count). The number of thioether (sulfide) groups is 1. The normalized spacial score (nSPS) is 10.9. The van der Waals surface area contributed by atoms with Crippen molar-refractivity contribution in [2.45, 2.75) is 11.4 Å². The summed E-state index contributed by atoms with van der Waals surface area (Å²) in [6.45, 7) is 1.15. The van der Waals surface area contributed by atoms with E-state index in [2.05, 4.69) is 15.6 Å². The minimum absolute atomic E-state index is 0. The Balaban J connectivity index is 0.00000312. The zero-order valence-electron chi connectivity index (χ0n) is 13.6. The highest BCUT2D eigenvalue weighted by Gasteiger charge is 2.03. The van der Waals surface area contributed by atoms with Crippen LogP contribution in [0.1, 0.15) is 5.56 Å². The maximum atomic E-state index is 13.3. The van der Waals surface area contributed by atoms with Gasteiger partial charge in [0.15, 0.2) is 17.5 Å². The quantitative estimate of drug-likeness (QED) is 0.184. The van der Waals surface area contributed by atoms with Crippen molar-refractivity contribution in [2.75, 3.05) is 19.3 Å². The molecule has 0 saturated heterocycles. The number of phenols is 1. The van der Waals surface area contributed by atoms with E-state index in [4.69, 9.17) is 11.6 Å². The van der Waals surface area contributed by atoms with Crippen molar-refractivity contribution in [1.82, 2.24) is 10.6 Å². The van der Waals surface area contributed by atoms with Gasteiger partial charge in [0.2, 0.25) is 0 Å². The van der Waals surface area contributed by atoms with Crippen molar-refractivity contribution in [3.05, 3.63) is 58.9 Å². The van der Waals surface area contributed by atoms with E-state index >= 15 is 0 Å². The number of rotatable bonds is 6. The second-order valence-electron chi connectivity index (χ2n) is 4.94. The molecule has 0 aliphatic carbocycles. The van der Waals surface area contributed by atoms with E-state index in [0.717, 1.165) is 27.8 Å². The van der Waals surface area contributed by atoms with Crippen LogP contribution in [0.4, 0.5) is 4.39 Å². The zero-order valence-corrected chi connectivity index (χ0v) is 17.5. The molecule has 0 aliphatic rings. The number of nitrogens with one attached hydrogen (secondary N) is 2. The molecule has 25 heavy (non-hydrogen) atoms. The van der Waals surface area contributed by atoms with Gasteiger partial charge in [-0.1, -0.05) is 17.7 Å². The van der Waals surface area contributed by atoms with Crippen LogP contribution in [0.2, 0.25) is 5.02 Å². The molecule has 4 nitrogen and oxygen atoms in total. The lowest BCUT2D eigenvalue weighted by Gasteiger charge is -2.12. The van der Waals surface area contributed by atoms with Crippen molar-refractivity contribution in [1.29, 1.82) is 0 Å². The molecule has 3 N–H and O–H groups in total. The number of phenolic OH excluding ortho intramolecular Hbond substituents is 1. The first-order valence-electron chi connectivity index (χ1n) is 7.39. The highest BCUT2D eigenvalue weighted by molar-refractivity contribution is 14.0. The number of hydrogen-bond acceptors (Lipinski definition) is 3. The predicted molar refractivity (Wildman–Crippen MR) is 114 cm³/mol. The number of halogens is 3. The van der Waals surface area contributed by atoms with Gasteiger partial charge in [0, 0.05) is 35.8 Å². The van der Waals surface area contributed by atoms with Gasteiger partial charge in [0.25, 0.3) is 0 Å². The van der Waals surface area contributed by atoms with E-state index in [-0.39, 0.29) is 29.7 Å². The Bertz CT molecular complexity index is 701. The highest BCUT2D eigenvalue weighted by Crippen LogP contribution is 2.19. The number of benzene rings is 2. The molecule has 0 atom stereocenters. The van der Waals surface area contributed by atoms with Crippen LogP contribution in [-0.2, 0) is 6.54 Å². The fourth-order valence-corrected chi connectivity index (χ4v) is 2.83. The Morgan fingerprint density at radius 2 is 1.92 bits per heavy atom. The fourth-order valence-electron chi connectivity index (χ4n) is 1.94. The molecule has 8 heteroatoms. The lowest BCUT2D eigenvalue weighted by molar-refractivity contribution is 0.431. The van der Waals surface area contributed by atoms with Gasteiger partial charge < -0.3 is 15.7 Å². The first-order chi connectivity index (χ1) is 11.6. The molecule has 136 valence electrons. The van der Waals surface area contributed by atoms with Crippen molar-refractivity contribution in [3.8, 4) is 5.75 Å². The highest BCUT2D eigenvalue weighted by atomic mass is 127. The topological polar surface area (TPSA) is 56.7 Å². The molecule has 2 aromatic rings. The number of guanidine groups is 1. The van der Waals surface area contributed by atoms with Crippen LogP contribution in [0.15, 0.2) is 52.4 Å². The van der Waals surface area contributed by atoms with Gasteiger partial charge in [-0.15, -0.1) is 35.7 Å². The summed E-state index contributed by atoms with van der Waals surface area (Å²) in [4.78, 5) is 5.28. The van der Waals surface area contributed by atoms with E-state index in [9.17, 15) is 9.50 Å². The van der Waals surface area contributed by atoms with E-state index in [1.807, 2.05) is 24.3 Å². The number of aromatic hydroxyl groups is 1. The summed E-state index contributed by atoms with van der Waals surface area (Å²) in [5.74, 6) is 0.535. The molecule has 2 aromatic carbocycles. The molecule has 0 aromatic heterocycles. The largest absolute Gasteiger partial charge is 0.505 e. The summed E-state index contributed by atoms with van der Waals surface area (Å²) in [7, 11) is 1.68. The fraction of sp³-hybridized carbons (Fsp3) is 0.235. The Hall–Kier alpha value is -1.19. The van der Waals surface area contributed by atoms with Gasteiger partial charge in [-0.3, -0.25) is 4.99 Å². The summed E-state index contributed by atoms with van der Waals surface area (Å²) >= 11 is 7.57. The minimum Gasteiger partial charge on any atom is -0.505 e. The lowest BCUT2D eigenvalue weighted by Crippen LogP contribution is -2.37. The number of aliphatic imine (C=N–C) groups is 1. The van der Waals surface area contributed by atoms with Crippen LogP contribution in [0.5, 0.6) is 5.75 Å². The van der Waals surface area contributed by atoms with Gasteiger partial charge in [0.1, 0.15) is 0 Å². The Morgan fingerprint density at radius 3 is 2.56 bits per heavy atom. The first-order valence-corrected chi connectivity index (χ1v) is 8.75. The van der Waals surface area contributed by atoms with Crippen LogP contribution >= 0.6 is 47.3 Å². The molecule has 0 saturated carbocycles. The smallest absolute Gasteiger partial charge is 0.191 e. The first kappa shape index (κ1) is 21.9. The maximum Gasteiger partial charge on any atom is 0.191 e. The maximum absolute atomic E-state index is 13.3. The molecule has 0 spiro atoms. The Kier molecular flexibility index (Phi) is 9.99. The average Bonchev–Trinajstić information content (AvgIpc) is 2.59. The summed E-state index contributed by atoms with van der Waals surface area (Å²) in [6.07, 6.45) is 0. The third-order valence-corrected chi connectivity index (χ3v) is 4.44. The monoisotopic (exact) mass is 495 g/mol. The minimum atomic E-state index is -0.628. The van der Waals surface area contributed by atoms with E-state index < -0.39 is 5.82 Å². The number of nitrogens with zero attached hydrogens (tertiary/aromatic N) is 1. The molecule has 0 bridgehead atoms. The van der Waals surface area contributed by atoms with Crippen molar-refractivity contribution in [2.24, 2.45) is 4.99 Å². The third-order valence-electron chi connectivity index (χ3n) is 3.17. The zero-order chi connectivity index (χ0) is 17.4. The summed E-state index contributed by atoms with van der Waals surface area (Å²) < 4.78 is 13.3. The molecule has 0 radical (unpaired) electrons. The second-order valence-corrected chi connectivity index (χ2v) is 6.55. The summed E-state index contributed by atoms with van der Waals surface area (Å²) in [5.41, 5.74) is 0.726. The van der Waals surface area contributed by atoms with Gasteiger partial charge in [0.05, 0.1) is 0 Å². The predicted octanol–water partition coefficient (Wildman–Crippen LogP) is 4.26. The second kappa shape index (κ2) is 11.4. The van der Waals surface area contributed by atoms with Crippen LogP contribution in [0, 0.1) is 5.82 Å². The van der Waals surface area contributed by atoms with Gasteiger partial charge in [-0.05, 0) is 42.0 Å². The third kappa shape index (κ3) is 7.70. The summed E-state index contributed by atoms with van der Waals surface area (Å²) in [6, 6.07) is 12.0. The average molecular weight is 496 g/mol. The van der Waals surface area contributed by atoms with Crippen LogP contribution in [0.25, 0.3) is 0 Å². The Morgan fingerprint density at radius 1 is 1.20 bits per heavy atom. The molecular formula is C17H20ClFIN3OS. The molecule has 0 amide bonds. The van der Waals surface area contributed by atoms with Crippen LogP contribution in [0.3, 0.4) is 0 Å². The van der Waals surface area contributed by atoms with E-state index in [1.165, 1.54) is 12.1 Å². The van der Waals surface area contributed by atoms with Crippen molar-refractivity contribution < 1.29 is 9.50 Å². The standard InChI is InChI=1S/C17H19ClFN3OS.HI/c1-20-17(22-11-12-2-7-16(23)15(19)10-12)21-8-9-24-14-5-3-13(18)4-6-14;/h2-7,10,23H,8-9,11H2,1H3,(H2,20,21,22);1H. The summed E-state index contributed by atoms with van der Waals surface area (Å²) in [5, 5.41) is 16.2. The molecule has 0 fully saturated rings. The molecule has 0 unspecified atom stereocenters. The van der Waals surface area contributed by atoms with E-state index in [1.54, 1.807) is 24.9 Å². The molecule has 0 aliphatic heterocycles. The van der Waals surface area contributed by atoms with Crippen molar-refractivity contribution in [3.63, 3.8) is 0 Å². The van der Waals surface area contributed by atoms with Gasteiger partial charge in [-0.25, -0.2) is 4.39 Å². The number of hydrogen-bond donors (Lipinski definition) is 3. The van der Waals surface area contributed by atoms with E-state index in [0.29, 0.717) is 12.5 Å². The molecular weight excluding hydrogens is 476 g/mol. The molecule has 0 heterocycles. The SMILES string of the molecule is CN=C(NCCSc1ccc(Cl)cc1)NCc1ccc(O)c(F)c1.I. The van der Waals surface area contributed by atoms with Crippen molar-refractivity contribution >= 4 is 53.3 Å². The van der Waals surface area contributed by atoms with Crippen LogP contribution < -0.4 is 10.6 Å².